The summed E-state index contributed by atoms with van der Waals surface area (Å²) in [6.07, 6.45) is -4.75. The van der Waals surface area contributed by atoms with Crippen LogP contribution in [0.15, 0.2) is 24.3 Å². The van der Waals surface area contributed by atoms with Gasteiger partial charge in [-0.05, 0) is 31.5 Å². The number of carboxylic acid groups (broad SMARTS) is 1. The van der Waals surface area contributed by atoms with Crippen LogP contribution in [0.3, 0.4) is 0 Å². The van der Waals surface area contributed by atoms with E-state index in [9.17, 15) is 22.8 Å². The van der Waals surface area contributed by atoms with Gasteiger partial charge in [0.1, 0.15) is 11.4 Å². The number of fused-ring (bicyclic) bond motifs is 1. The molecule has 2 N–H and O–H groups in total. The Balaban J connectivity index is 1.91. The minimum atomic E-state index is -4.75. The second-order valence-corrected chi connectivity index (χ2v) is 6.47. The molecule has 10 heteroatoms. The number of hydrogen-bond donors (Lipinski definition) is 2. The Morgan fingerprint density at radius 3 is 2.43 bits per heavy atom. The number of aromatic carboxylic acids is 1. The van der Waals surface area contributed by atoms with Gasteiger partial charge in [-0.2, -0.15) is 18.3 Å². The Kier molecular flexibility index (Phi) is 5.05. The molecular formula is C18H19F3N4O3. The van der Waals surface area contributed by atoms with Crippen LogP contribution in [0.4, 0.5) is 19.0 Å². The Morgan fingerprint density at radius 2 is 1.89 bits per heavy atom. The highest BCUT2D eigenvalue weighted by Gasteiger charge is 2.44. The Labute approximate surface area is 158 Å². The lowest BCUT2D eigenvalue weighted by Crippen LogP contribution is -2.31. The summed E-state index contributed by atoms with van der Waals surface area (Å²) in [5.41, 5.74) is -1.04. The van der Waals surface area contributed by atoms with Crippen LogP contribution < -0.4 is 10.2 Å². The van der Waals surface area contributed by atoms with Crippen molar-refractivity contribution in [2.24, 2.45) is 0 Å². The number of carbonyl (C=O) groups is 2. The molecule has 1 aliphatic heterocycles. The molecule has 0 unspecified atom stereocenters. The Bertz CT molecular complexity index is 906. The van der Waals surface area contributed by atoms with Gasteiger partial charge in [-0.25, -0.2) is 9.48 Å². The maximum absolute atomic E-state index is 13.4. The summed E-state index contributed by atoms with van der Waals surface area (Å²) in [5, 5.41) is 15.1. The van der Waals surface area contributed by atoms with Crippen molar-refractivity contribution in [3.05, 3.63) is 46.6 Å². The number of carbonyl (C=O) groups excluding carboxylic acids is 1. The second-order valence-electron chi connectivity index (χ2n) is 6.47. The molecule has 1 amide bonds. The molecule has 1 aromatic heterocycles. The molecule has 0 saturated carbocycles. The number of anilines is 1. The maximum Gasteiger partial charge on any atom is 0.436 e. The molecule has 3 rings (SSSR count). The molecule has 0 radical (unpaired) electrons. The number of nitrogens with zero attached hydrogens (tertiary/aromatic N) is 3. The van der Waals surface area contributed by atoms with Crippen molar-refractivity contribution in [3.8, 4) is 0 Å². The molecule has 0 bridgehead atoms. The smallest absolute Gasteiger partial charge is 0.436 e. The van der Waals surface area contributed by atoms with Gasteiger partial charge in [0, 0.05) is 13.1 Å². The predicted octanol–water partition coefficient (Wildman–Crippen LogP) is 2.93. The SMILES string of the molecule is CCN1CCn2nc(C(F)(F)F)c(C(=O)N[C@@H](C)c3ccc(C(=O)O)cc3)c21. The lowest BCUT2D eigenvalue weighted by molar-refractivity contribution is -0.141. The van der Waals surface area contributed by atoms with Gasteiger partial charge in [0.2, 0.25) is 0 Å². The normalized spacial score (nSPS) is 14.7. The molecule has 1 aromatic carbocycles. The number of nitrogens with one attached hydrogen (secondary N) is 1. The van der Waals surface area contributed by atoms with Crippen LogP contribution in [0.1, 0.15) is 51.9 Å². The molecule has 28 heavy (non-hydrogen) atoms. The minimum absolute atomic E-state index is 0.0784. The van der Waals surface area contributed by atoms with Crippen molar-refractivity contribution in [3.63, 3.8) is 0 Å². The first-order chi connectivity index (χ1) is 13.1. The Hall–Kier alpha value is -3.04. The van der Waals surface area contributed by atoms with Crippen LogP contribution in [-0.2, 0) is 12.7 Å². The molecule has 2 heterocycles. The summed E-state index contributed by atoms with van der Waals surface area (Å²) in [5.74, 6) is -1.79. The summed E-state index contributed by atoms with van der Waals surface area (Å²) in [4.78, 5) is 25.4. The first-order valence-electron chi connectivity index (χ1n) is 8.70. The zero-order valence-electron chi connectivity index (χ0n) is 15.2. The molecule has 0 saturated heterocycles. The van der Waals surface area contributed by atoms with E-state index in [1.54, 1.807) is 18.7 Å². The minimum Gasteiger partial charge on any atom is -0.478 e. The monoisotopic (exact) mass is 396 g/mol. The number of carboxylic acids is 1. The fraction of sp³-hybridized carbons (Fsp3) is 0.389. The maximum atomic E-state index is 13.4. The molecule has 0 fully saturated rings. The summed E-state index contributed by atoms with van der Waals surface area (Å²) in [6, 6.07) is 5.15. The molecular weight excluding hydrogens is 377 g/mol. The summed E-state index contributed by atoms with van der Waals surface area (Å²) < 4.78 is 41.5. The third-order valence-electron chi connectivity index (χ3n) is 4.69. The van der Waals surface area contributed by atoms with Crippen LogP contribution in [0, 0.1) is 0 Å². The summed E-state index contributed by atoms with van der Waals surface area (Å²) in [6.45, 7) is 4.64. The van der Waals surface area contributed by atoms with E-state index in [1.807, 2.05) is 0 Å². The van der Waals surface area contributed by atoms with Gasteiger partial charge >= 0.3 is 12.1 Å². The van der Waals surface area contributed by atoms with Crippen molar-refractivity contribution < 1.29 is 27.9 Å². The van der Waals surface area contributed by atoms with Gasteiger partial charge in [0.05, 0.1) is 18.2 Å². The molecule has 7 nitrogen and oxygen atoms in total. The summed E-state index contributed by atoms with van der Waals surface area (Å²) >= 11 is 0. The number of halogens is 3. The average Bonchev–Trinajstić information content (AvgIpc) is 3.20. The number of amides is 1. The zero-order valence-corrected chi connectivity index (χ0v) is 15.2. The van der Waals surface area contributed by atoms with E-state index in [0.717, 1.165) is 0 Å². The number of likely N-dealkylation sites (N-methyl/N-ethyl adjacent to an activating group) is 1. The second kappa shape index (κ2) is 7.17. The lowest BCUT2D eigenvalue weighted by atomic mass is 10.1. The highest BCUT2D eigenvalue weighted by molar-refractivity contribution is 6.01. The van der Waals surface area contributed by atoms with Gasteiger partial charge < -0.3 is 15.3 Å². The van der Waals surface area contributed by atoms with Crippen molar-refractivity contribution in [2.45, 2.75) is 32.6 Å². The molecule has 150 valence electrons. The standard InChI is InChI=1S/C18H19F3N4O3/c1-3-24-8-9-25-16(24)13(14(23-25)18(19,20)21)15(26)22-10(2)11-4-6-12(7-5-11)17(27)28/h4-7,10H,3,8-9H2,1-2H3,(H,22,26)(H,27,28)/t10-/m0/s1. The van der Waals surface area contributed by atoms with Gasteiger partial charge in [0.25, 0.3) is 5.91 Å². The quantitative estimate of drug-likeness (QED) is 0.812. The van der Waals surface area contributed by atoms with Crippen LogP contribution in [0.5, 0.6) is 0 Å². The number of hydrogen-bond acceptors (Lipinski definition) is 4. The third kappa shape index (κ3) is 3.54. The van der Waals surface area contributed by atoms with Crippen LogP contribution in [0.25, 0.3) is 0 Å². The van der Waals surface area contributed by atoms with E-state index in [0.29, 0.717) is 18.7 Å². The molecule has 0 aliphatic carbocycles. The molecule has 1 atom stereocenters. The highest BCUT2D eigenvalue weighted by Crippen LogP contribution is 2.38. The van der Waals surface area contributed by atoms with E-state index >= 15 is 0 Å². The first kappa shape index (κ1) is 19.7. The van der Waals surface area contributed by atoms with Gasteiger partial charge in [-0.15, -0.1) is 0 Å². The number of alkyl halides is 3. The van der Waals surface area contributed by atoms with E-state index in [1.165, 1.54) is 28.9 Å². The largest absolute Gasteiger partial charge is 0.478 e. The summed E-state index contributed by atoms with van der Waals surface area (Å²) in [7, 11) is 0. The third-order valence-corrected chi connectivity index (χ3v) is 4.69. The molecule has 2 aromatic rings. The highest BCUT2D eigenvalue weighted by atomic mass is 19.4. The first-order valence-corrected chi connectivity index (χ1v) is 8.70. The number of benzene rings is 1. The molecule has 1 aliphatic rings. The Morgan fingerprint density at radius 1 is 1.25 bits per heavy atom. The van der Waals surface area contributed by atoms with Crippen molar-refractivity contribution in [1.29, 1.82) is 0 Å². The average molecular weight is 396 g/mol. The fourth-order valence-corrected chi connectivity index (χ4v) is 3.23. The predicted molar refractivity (Wildman–Crippen MR) is 94.4 cm³/mol. The van der Waals surface area contributed by atoms with Gasteiger partial charge in [0.15, 0.2) is 5.69 Å². The van der Waals surface area contributed by atoms with Crippen LogP contribution in [0.2, 0.25) is 0 Å². The van der Waals surface area contributed by atoms with Crippen molar-refractivity contribution >= 4 is 17.7 Å². The topological polar surface area (TPSA) is 87.5 Å². The number of rotatable bonds is 5. The van der Waals surface area contributed by atoms with Crippen molar-refractivity contribution in [2.75, 3.05) is 18.0 Å². The molecule has 0 spiro atoms. The van der Waals surface area contributed by atoms with E-state index in [-0.39, 0.29) is 17.9 Å². The van der Waals surface area contributed by atoms with Crippen LogP contribution in [-0.4, -0.2) is 39.9 Å². The lowest BCUT2D eigenvalue weighted by Gasteiger charge is -2.19. The van der Waals surface area contributed by atoms with E-state index in [2.05, 4.69) is 10.4 Å². The van der Waals surface area contributed by atoms with Crippen LogP contribution >= 0.6 is 0 Å². The van der Waals surface area contributed by atoms with Gasteiger partial charge in [-0.1, -0.05) is 12.1 Å². The zero-order chi connectivity index (χ0) is 20.6. The van der Waals surface area contributed by atoms with E-state index < -0.39 is 35.4 Å². The van der Waals surface area contributed by atoms with E-state index in [4.69, 9.17) is 5.11 Å². The van der Waals surface area contributed by atoms with Gasteiger partial charge in [-0.3, -0.25) is 4.79 Å². The number of aromatic nitrogens is 2. The van der Waals surface area contributed by atoms with Crippen molar-refractivity contribution in [1.82, 2.24) is 15.1 Å². The fourth-order valence-electron chi connectivity index (χ4n) is 3.23.